The zero-order valence-electron chi connectivity index (χ0n) is 16.3. The molecule has 1 aliphatic heterocycles. The van der Waals surface area contributed by atoms with Gasteiger partial charge >= 0.3 is 0 Å². The number of benzene rings is 1. The van der Waals surface area contributed by atoms with Gasteiger partial charge in [0, 0.05) is 56.4 Å². The van der Waals surface area contributed by atoms with Crippen molar-refractivity contribution in [2.45, 2.75) is 27.3 Å². The van der Waals surface area contributed by atoms with Crippen molar-refractivity contribution < 1.29 is 0 Å². The van der Waals surface area contributed by atoms with E-state index in [4.69, 9.17) is 0 Å². The lowest BCUT2D eigenvalue weighted by atomic mass is 10.1. The number of aromatic nitrogens is 4. The Morgan fingerprint density at radius 2 is 1.81 bits per heavy atom. The van der Waals surface area contributed by atoms with Gasteiger partial charge in [-0.15, -0.1) is 0 Å². The molecular formula is C21H26N6. The maximum atomic E-state index is 4.51. The maximum Gasteiger partial charge on any atom is 0.135 e. The minimum atomic E-state index is 0.987. The Hall–Kier alpha value is -2.73. The van der Waals surface area contributed by atoms with E-state index in [1.807, 2.05) is 30.1 Å². The van der Waals surface area contributed by atoms with Crippen molar-refractivity contribution in [3.8, 4) is 5.69 Å². The first-order chi connectivity index (χ1) is 13.1. The Bertz CT molecular complexity index is 910. The van der Waals surface area contributed by atoms with Gasteiger partial charge in [-0.25, -0.2) is 14.6 Å². The van der Waals surface area contributed by atoms with Crippen LogP contribution in [0.15, 0.2) is 43.0 Å². The Morgan fingerprint density at radius 1 is 1.00 bits per heavy atom. The van der Waals surface area contributed by atoms with Crippen LogP contribution < -0.4 is 4.90 Å². The van der Waals surface area contributed by atoms with Crippen molar-refractivity contribution in [3.05, 3.63) is 65.4 Å². The second kappa shape index (κ2) is 7.48. The molecule has 4 rings (SSSR count). The molecule has 3 heterocycles. The lowest BCUT2D eigenvalue weighted by Gasteiger charge is -2.36. The first-order valence-corrected chi connectivity index (χ1v) is 9.47. The summed E-state index contributed by atoms with van der Waals surface area (Å²) in [6, 6.07) is 8.55. The summed E-state index contributed by atoms with van der Waals surface area (Å²) in [6.45, 7) is 11.4. The number of nitrogens with zero attached hydrogens (tertiary/aromatic N) is 6. The Balaban J connectivity index is 1.40. The van der Waals surface area contributed by atoms with E-state index in [0.29, 0.717) is 0 Å². The number of hydrogen-bond acceptors (Lipinski definition) is 5. The highest BCUT2D eigenvalue weighted by molar-refractivity contribution is 5.48. The van der Waals surface area contributed by atoms with Crippen LogP contribution in [0.4, 0.5) is 5.82 Å². The summed E-state index contributed by atoms with van der Waals surface area (Å²) in [5.41, 5.74) is 6.06. The van der Waals surface area contributed by atoms with Crippen LogP contribution >= 0.6 is 0 Å². The average Bonchev–Trinajstić information content (AvgIpc) is 3.21. The van der Waals surface area contributed by atoms with Crippen LogP contribution in [0.5, 0.6) is 0 Å². The molecule has 0 N–H and O–H groups in total. The van der Waals surface area contributed by atoms with E-state index < -0.39 is 0 Å². The monoisotopic (exact) mass is 362 g/mol. The molecule has 1 aromatic carbocycles. The van der Waals surface area contributed by atoms with Gasteiger partial charge < -0.3 is 4.90 Å². The molecule has 0 radical (unpaired) electrons. The predicted octanol–water partition coefficient (Wildman–Crippen LogP) is 2.91. The molecule has 6 heteroatoms. The van der Waals surface area contributed by atoms with Crippen molar-refractivity contribution in [2.75, 3.05) is 31.1 Å². The third-order valence-corrected chi connectivity index (χ3v) is 5.47. The van der Waals surface area contributed by atoms with E-state index in [0.717, 1.165) is 49.9 Å². The van der Waals surface area contributed by atoms with Crippen molar-refractivity contribution in [2.24, 2.45) is 0 Å². The second-order valence-corrected chi connectivity index (χ2v) is 7.23. The molecule has 1 saturated heterocycles. The fraction of sp³-hybridized carbons (Fsp3) is 0.381. The molecule has 3 aromatic rings. The van der Waals surface area contributed by atoms with Crippen molar-refractivity contribution in [1.29, 1.82) is 0 Å². The van der Waals surface area contributed by atoms with Gasteiger partial charge in [0.05, 0.1) is 5.69 Å². The van der Waals surface area contributed by atoms with Crippen LogP contribution in [-0.4, -0.2) is 50.8 Å². The molecule has 1 fully saturated rings. The molecule has 0 amide bonds. The fourth-order valence-corrected chi connectivity index (χ4v) is 3.62. The Labute approximate surface area is 160 Å². The molecule has 0 unspecified atom stereocenters. The van der Waals surface area contributed by atoms with E-state index in [-0.39, 0.29) is 0 Å². The number of anilines is 1. The number of rotatable bonds is 4. The van der Waals surface area contributed by atoms with Crippen LogP contribution in [0.3, 0.4) is 0 Å². The van der Waals surface area contributed by atoms with E-state index >= 15 is 0 Å². The molecule has 0 saturated carbocycles. The summed E-state index contributed by atoms with van der Waals surface area (Å²) in [7, 11) is 0. The van der Waals surface area contributed by atoms with Crippen LogP contribution in [0.2, 0.25) is 0 Å². The number of hydrogen-bond donors (Lipinski definition) is 0. The van der Waals surface area contributed by atoms with Gasteiger partial charge in [-0.2, -0.15) is 5.10 Å². The summed E-state index contributed by atoms with van der Waals surface area (Å²) in [5, 5.41) is 4.31. The minimum absolute atomic E-state index is 0.987. The molecule has 6 nitrogen and oxygen atoms in total. The second-order valence-electron chi connectivity index (χ2n) is 7.23. The van der Waals surface area contributed by atoms with Gasteiger partial charge in [0.1, 0.15) is 12.1 Å². The largest absolute Gasteiger partial charge is 0.354 e. The van der Waals surface area contributed by atoms with Gasteiger partial charge in [-0.3, -0.25) is 4.90 Å². The highest BCUT2D eigenvalue weighted by Gasteiger charge is 2.20. The van der Waals surface area contributed by atoms with E-state index in [9.17, 15) is 0 Å². The lowest BCUT2D eigenvalue weighted by molar-refractivity contribution is 0.248. The van der Waals surface area contributed by atoms with Crippen molar-refractivity contribution in [3.63, 3.8) is 0 Å². The SMILES string of the molecule is Cc1cc(-n2cccn2)ccc1CN1CCN(c2ncnc(C)c2C)CC1. The van der Waals surface area contributed by atoms with Crippen LogP contribution in [-0.2, 0) is 6.54 Å². The summed E-state index contributed by atoms with van der Waals surface area (Å²) in [6.07, 6.45) is 5.46. The Morgan fingerprint density at radius 3 is 2.52 bits per heavy atom. The average molecular weight is 362 g/mol. The molecule has 1 aliphatic rings. The molecule has 0 spiro atoms. The van der Waals surface area contributed by atoms with Gasteiger partial charge in [-0.05, 0) is 50.1 Å². The van der Waals surface area contributed by atoms with Crippen LogP contribution in [0.25, 0.3) is 5.69 Å². The van der Waals surface area contributed by atoms with Gasteiger partial charge in [-0.1, -0.05) is 6.07 Å². The number of aryl methyl sites for hydroxylation is 2. The molecular weight excluding hydrogens is 336 g/mol. The zero-order chi connectivity index (χ0) is 18.8. The summed E-state index contributed by atoms with van der Waals surface area (Å²) in [4.78, 5) is 13.7. The quantitative estimate of drug-likeness (QED) is 0.714. The van der Waals surface area contributed by atoms with Crippen molar-refractivity contribution >= 4 is 5.82 Å². The first-order valence-electron chi connectivity index (χ1n) is 9.47. The van der Waals surface area contributed by atoms with Crippen LogP contribution in [0, 0.1) is 20.8 Å². The van der Waals surface area contributed by atoms with E-state index in [1.54, 1.807) is 6.33 Å². The highest BCUT2D eigenvalue weighted by Crippen LogP contribution is 2.21. The normalized spacial score (nSPS) is 15.3. The molecule has 0 atom stereocenters. The topological polar surface area (TPSA) is 50.1 Å². The predicted molar refractivity (Wildman–Crippen MR) is 107 cm³/mol. The molecule has 140 valence electrons. The van der Waals surface area contributed by atoms with Crippen LogP contribution in [0.1, 0.15) is 22.4 Å². The lowest BCUT2D eigenvalue weighted by Crippen LogP contribution is -2.46. The first kappa shape index (κ1) is 17.7. The zero-order valence-corrected chi connectivity index (χ0v) is 16.3. The van der Waals surface area contributed by atoms with Gasteiger partial charge in [0.15, 0.2) is 0 Å². The van der Waals surface area contributed by atoms with E-state index in [1.165, 1.54) is 16.7 Å². The highest BCUT2D eigenvalue weighted by atomic mass is 15.3. The van der Waals surface area contributed by atoms with Crippen molar-refractivity contribution in [1.82, 2.24) is 24.6 Å². The minimum Gasteiger partial charge on any atom is -0.354 e. The third kappa shape index (κ3) is 3.71. The molecule has 2 aromatic heterocycles. The molecule has 27 heavy (non-hydrogen) atoms. The molecule has 0 bridgehead atoms. The standard InChI is InChI=1S/C21H26N6/c1-16-13-20(27-8-4-7-24-27)6-5-19(16)14-25-9-11-26(12-10-25)21-17(2)18(3)22-15-23-21/h4-8,13,15H,9-12,14H2,1-3H3. The molecule has 0 aliphatic carbocycles. The summed E-state index contributed by atoms with van der Waals surface area (Å²) < 4.78 is 1.90. The third-order valence-electron chi connectivity index (χ3n) is 5.47. The summed E-state index contributed by atoms with van der Waals surface area (Å²) >= 11 is 0. The summed E-state index contributed by atoms with van der Waals surface area (Å²) in [5.74, 6) is 1.09. The van der Waals surface area contributed by atoms with Gasteiger partial charge in [0.2, 0.25) is 0 Å². The maximum absolute atomic E-state index is 4.51. The fourth-order valence-electron chi connectivity index (χ4n) is 3.62. The van der Waals surface area contributed by atoms with Gasteiger partial charge in [0.25, 0.3) is 0 Å². The van der Waals surface area contributed by atoms with E-state index in [2.05, 4.69) is 56.9 Å². The number of piperazine rings is 1. The smallest absolute Gasteiger partial charge is 0.135 e. The Kier molecular flexibility index (Phi) is 4.90.